The molecule has 114 valence electrons. The van der Waals surface area contributed by atoms with Gasteiger partial charge in [0.15, 0.2) is 0 Å². The highest BCUT2D eigenvalue weighted by atomic mass is 79.9. The fourth-order valence-electron chi connectivity index (χ4n) is 4.38. The lowest BCUT2D eigenvalue weighted by Gasteiger charge is -2.66. The summed E-state index contributed by atoms with van der Waals surface area (Å²) >= 11 is 11.2. The topological polar surface area (TPSA) is 42.0 Å². The molecule has 0 saturated heterocycles. The lowest BCUT2D eigenvalue weighted by Crippen LogP contribution is -2.71. The van der Waals surface area contributed by atoms with Gasteiger partial charge in [-0.25, -0.2) is 0 Å². The van der Waals surface area contributed by atoms with Crippen molar-refractivity contribution in [3.05, 3.63) is 24.5 Å². The number of aromatic nitrogens is 1. The molecule has 21 heavy (non-hydrogen) atoms. The van der Waals surface area contributed by atoms with Crippen molar-refractivity contribution in [2.45, 2.75) is 35.3 Å². The predicted octanol–water partition coefficient (Wildman–Crippen LogP) is 4.71. The third kappa shape index (κ3) is 1.75. The van der Waals surface area contributed by atoms with E-state index in [-0.39, 0.29) is 30.7 Å². The molecular formula is C15H17Br3N2O. The van der Waals surface area contributed by atoms with Crippen molar-refractivity contribution in [2.24, 2.45) is 16.2 Å². The van der Waals surface area contributed by atoms with E-state index in [9.17, 15) is 4.79 Å². The zero-order valence-electron chi connectivity index (χ0n) is 11.9. The summed E-state index contributed by atoms with van der Waals surface area (Å²) < 4.78 is 0.196. The Kier molecular flexibility index (Phi) is 3.82. The van der Waals surface area contributed by atoms with Gasteiger partial charge in [0.05, 0.1) is 9.15 Å². The summed E-state index contributed by atoms with van der Waals surface area (Å²) in [4.78, 5) is 17.1. The second-order valence-electron chi connectivity index (χ2n) is 6.49. The minimum absolute atomic E-state index is 0.0581. The first kappa shape index (κ1) is 15.9. The van der Waals surface area contributed by atoms with Crippen LogP contribution in [-0.4, -0.2) is 19.5 Å². The molecule has 3 atom stereocenters. The molecule has 3 aliphatic rings. The maximum Gasteiger partial charge on any atom is 0.232 e. The van der Waals surface area contributed by atoms with Gasteiger partial charge in [0, 0.05) is 28.3 Å². The van der Waals surface area contributed by atoms with Crippen LogP contribution in [0.25, 0.3) is 0 Å². The van der Waals surface area contributed by atoms with E-state index in [1.807, 2.05) is 12.1 Å². The third-order valence-electron chi connectivity index (χ3n) is 5.83. The molecule has 0 aliphatic heterocycles. The fraction of sp³-hybridized carbons (Fsp3) is 0.600. The Balaban J connectivity index is 1.91. The minimum Gasteiger partial charge on any atom is -0.325 e. The highest BCUT2D eigenvalue weighted by Crippen LogP contribution is 2.82. The zero-order valence-corrected chi connectivity index (χ0v) is 16.6. The first-order chi connectivity index (χ1) is 9.80. The van der Waals surface area contributed by atoms with Crippen molar-refractivity contribution < 1.29 is 4.79 Å². The van der Waals surface area contributed by atoms with Crippen molar-refractivity contribution in [3.8, 4) is 0 Å². The van der Waals surface area contributed by atoms with Crippen molar-refractivity contribution in [3.63, 3.8) is 0 Å². The Bertz CT molecular complexity index is 578. The highest BCUT2D eigenvalue weighted by Gasteiger charge is 2.83. The number of hydrogen-bond acceptors (Lipinski definition) is 2. The molecule has 1 aromatic heterocycles. The molecule has 0 spiro atoms. The van der Waals surface area contributed by atoms with E-state index in [1.54, 1.807) is 12.4 Å². The third-order valence-corrected chi connectivity index (χ3v) is 9.06. The minimum atomic E-state index is -0.365. The van der Waals surface area contributed by atoms with Gasteiger partial charge in [-0.05, 0) is 30.4 Å². The number of carbonyl (C=O) groups excluding carboxylic acids is 1. The molecule has 1 amide bonds. The van der Waals surface area contributed by atoms with E-state index in [4.69, 9.17) is 0 Å². The number of halogens is 3. The number of nitrogens with one attached hydrogen (secondary N) is 1. The standard InChI is InChI=1S/C15H17Br3N2O/c1-13(2)14(11(17)18)5-6-15(13,10(14)16)12(21)20-9-3-7-19-8-4-9/h3-4,7-8,10-11H,5-6H2,1-2H3,(H,19,20,21)/t10-,14-,15+/m1/s1. The Labute approximate surface area is 150 Å². The van der Waals surface area contributed by atoms with Crippen LogP contribution in [0.5, 0.6) is 0 Å². The van der Waals surface area contributed by atoms with E-state index in [2.05, 4.69) is 71.9 Å². The molecular weight excluding hydrogens is 464 g/mol. The van der Waals surface area contributed by atoms with Crippen molar-refractivity contribution in [2.75, 3.05) is 5.32 Å². The molecule has 1 heterocycles. The molecule has 0 radical (unpaired) electrons. The molecule has 3 aliphatic carbocycles. The molecule has 0 unspecified atom stereocenters. The maximum absolute atomic E-state index is 13.0. The normalized spacial score (nSPS) is 36.4. The van der Waals surface area contributed by atoms with Gasteiger partial charge in [-0.3, -0.25) is 9.78 Å². The van der Waals surface area contributed by atoms with Crippen LogP contribution in [0.4, 0.5) is 5.69 Å². The molecule has 3 saturated carbocycles. The summed E-state index contributed by atoms with van der Waals surface area (Å²) in [6, 6.07) is 3.65. The number of nitrogens with zero attached hydrogens (tertiary/aromatic N) is 1. The van der Waals surface area contributed by atoms with Gasteiger partial charge >= 0.3 is 0 Å². The SMILES string of the molecule is CC1(C)[C@]2(C(Br)Br)CC[C@@]1(C(=O)Nc1ccncc1)[C@@H]2Br. The monoisotopic (exact) mass is 478 g/mol. The van der Waals surface area contributed by atoms with Gasteiger partial charge in [-0.1, -0.05) is 61.6 Å². The zero-order chi connectivity index (χ0) is 15.5. The van der Waals surface area contributed by atoms with Crippen molar-refractivity contribution >= 4 is 59.4 Å². The van der Waals surface area contributed by atoms with E-state index < -0.39 is 0 Å². The average Bonchev–Trinajstić information content (AvgIpc) is 2.89. The molecule has 0 aromatic carbocycles. The summed E-state index contributed by atoms with van der Waals surface area (Å²) in [6.45, 7) is 4.42. The average molecular weight is 481 g/mol. The quantitative estimate of drug-likeness (QED) is 0.637. The van der Waals surface area contributed by atoms with Crippen LogP contribution in [0.2, 0.25) is 0 Å². The number of anilines is 1. The van der Waals surface area contributed by atoms with Crippen LogP contribution in [0.1, 0.15) is 26.7 Å². The summed E-state index contributed by atoms with van der Waals surface area (Å²) in [6.07, 6.45) is 5.31. The molecule has 3 nitrogen and oxygen atoms in total. The van der Waals surface area contributed by atoms with Crippen molar-refractivity contribution in [1.82, 2.24) is 4.98 Å². The van der Waals surface area contributed by atoms with Crippen LogP contribution >= 0.6 is 47.8 Å². The van der Waals surface area contributed by atoms with Gasteiger partial charge in [0.1, 0.15) is 0 Å². The number of pyridine rings is 1. The largest absolute Gasteiger partial charge is 0.325 e. The smallest absolute Gasteiger partial charge is 0.232 e. The first-order valence-corrected chi connectivity index (χ1v) is 9.69. The summed E-state index contributed by atoms with van der Waals surface area (Å²) in [5.41, 5.74) is 0.417. The van der Waals surface area contributed by atoms with Crippen LogP contribution in [0.3, 0.4) is 0 Å². The highest BCUT2D eigenvalue weighted by molar-refractivity contribution is 9.24. The molecule has 4 rings (SSSR count). The van der Waals surface area contributed by atoms with Gasteiger partial charge in [0.2, 0.25) is 5.91 Å². The summed E-state index contributed by atoms with van der Waals surface area (Å²) in [7, 11) is 0. The number of hydrogen-bond donors (Lipinski definition) is 1. The van der Waals surface area contributed by atoms with Crippen LogP contribution in [0, 0.1) is 16.2 Å². The summed E-state index contributed by atoms with van der Waals surface area (Å²) in [5.74, 6) is 0.106. The van der Waals surface area contributed by atoms with Crippen LogP contribution < -0.4 is 5.32 Å². The van der Waals surface area contributed by atoms with Gasteiger partial charge in [-0.15, -0.1) is 0 Å². The van der Waals surface area contributed by atoms with Gasteiger partial charge in [-0.2, -0.15) is 0 Å². The molecule has 1 N–H and O–H groups in total. The van der Waals surface area contributed by atoms with E-state index in [0.29, 0.717) is 0 Å². The molecule has 6 heteroatoms. The lowest BCUT2D eigenvalue weighted by atomic mass is 9.43. The number of alkyl halides is 3. The predicted molar refractivity (Wildman–Crippen MR) is 95.1 cm³/mol. The first-order valence-electron chi connectivity index (χ1n) is 6.94. The Morgan fingerprint density at radius 2 is 1.95 bits per heavy atom. The molecule has 3 fully saturated rings. The van der Waals surface area contributed by atoms with E-state index >= 15 is 0 Å². The van der Waals surface area contributed by atoms with Crippen LogP contribution in [-0.2, 0) is 4.79 Å². The maximum atomic E-state index is 13.0. The molecule has 1 aromatic rings. The summed E-state index contributed by atoms with van der Waals surface area (Å²) in [5, 5.41) is 3.06. The number of rotatable bonds is 3. The van der Waals surface area contributed by atoms with E-state index in [1.165, 1.54) is 0 Å². The fourth-order valence-corrected chi connectivity index (χ4v) is 9.29. The Morgan fingerprint density at radius 3 is 2.43 bits per heavy atom. The van der Waals surface area contributed by atoms with Crippen LogP contribution in [0.15, 0.2) is 24.5 Å². The number of fused-ring (bicyclic) bond motifs is 1. The Hall–Kier alpha value is 0.0600. The number of amides is 1. The van der Waals surface area contributed by atoms with Gasteiger partial charge in [0.25, 0.3) is 0 Å². The van der Waals surface area contributed by atoms with E-state index in [0.717, 1.165) is 18.5 Å². The van der Waals surface area contributed by atoms with Gasteiger partial charge < -0.3 is 5.32 Å². The Morgan fingerprint density at radius 1 is 1.33 bits per heavy atom. The second-order valence-corrected chi connectivity index (χ2v) is 10.5. The molecule has 2 bridgehead atoms. The van der Waals surface area contributed by atoms with Crippen molar-refractivity contribution in [1.29, 1.82) is 0 Å². The second kappa shape index (κ2) is 5.03. The lowest BCUT2D eigenvalue weighted by molar-refractivity contribution is -0.155. The number of carbonyl (C=O) groups is 1.